The number of nitrogens with one attached hydrogen (secondary N) is 3. The topological polar surface area (TPSA) is 156 Å². The molecule has 218 valence electrons. The lowest BCUT2D eigenvalue weighted by atomic mass is 9.99. The van der Waals surface area contributed by atoms with Crippen LogP contribution in [0.1, 0.15) is 37.6 Å². The average Bonchev–Trinajstić information content (AvgIpc) is 3.58. The van der Waals surface area contributed by atoms with Gasteiger partial charge in [-0.2, -0.15) is 0 Å². The summed E-state index contributed by atoms with van der Waals surface area (Å²) in [6, 6.07) is 7.79. The van der Waals surface area contributed by atoms with Crippen LogP contribution in [-0.4, -0.2) is 84.4 Å². The molecule has 0 spiro atoms. The normalized spacial score (nSPS) is 25.1. The van der Waals surface area contributed by atoms with Crippen LogP contribution in [0.25, 0.3) is 11.1 Å². The molecule has 1 saturated heterocycles. The summed E-state index contributed by atoms with van der Waals surface area (Å²) in [5.74, 6) is -0.807. The molecule has 3 heterocycles. The van der Waals surface area contributed by atoms with E-state index in [4.69, 9.17) is 14.2 Å². The van der Waals surface area contributed by atoms with E-state index < -0.39 is 47.9 Å². The predicted molar refractivity (Wildman–Crippen MR) is 146 cm³/mol. The Bertz CT molecular complexity index is 1360. The Kier molecular flexibility index (Phi) is 8.02. The molecule has 0 aliphatic carbocycles. The largest absolute Gasteiger partial charge is 0.491 e. The van der Waals surface area contributed by atoms with Crippen LogP contribution >= 0.6 is 0 Å². The molecule has 12 heteroatoms. The molecule has 4 N–H and O–H groups in total. The predicted octanol–water partition coefficient (Wildman–Crippen LogP) is 0.812. The van der Waals surface area contributed by atoms with Gasteiger partial charge in [-0.15, -0.1) is 0 Å². The van der Waals surface area contributed by atoms with Crippen molar-refractivity contribution in [2.45, 2.75) is 51.4 Å². The third-order valence-electron chi connectivity index (χ3n) is 7.42. The molecular weight excluding hydrogens is 532 g/mol. The smallest absolute Gasteiger partial charge is 0.255 e. The molecule has 2 aromatic carbocycles. The fourth-order valence-corrected chi connectivity index (χ4v) is 5.22. The van der Waals surface area contributed by atoms with Crippen molar-refractivity contribution < 1.29 is 38.5 Å². The van der Waals surface area contributed by atoms with Gasteiger partial charge in [0.1, 0.15) is 30.5 Å². The minimum atomic E-state index is -0.984. The van der Waals surface area contributed by atoms with Crippen molar-refractivity contribution in [1.82, 2.24) is 20.9 Å². The van der Waals surface area contributed by atoms with Crippen molar-refractivity contribution in [3.63, 3.8) is 0 Å². The average molecular weight is 567 g/mol. The minimum absolute atomic E-state index is 0.0168. The van der Waals surface area contributed by atoms with Crippen LogP contribution < -0.4 is 30.2 Å². The lowest BCUT2D eigenvalue weighted by Gasteiger charge is -2.29. The Morgan fingerprint density at radius 1 is 0.902 bits per heavy atom. The second-order valence-electron chi connectivity index (χ2n) is 10.7. The molecule has 4 amide bonds. The highest BCUT2D eigenvalue weighted by atomic mass is 16.7. The number of fused-ring (bicyclic) bond motifs is 3. The number of ether oxygens (including phenoxy) is 3. The fraction of sp³-hybridized carbons (Fsp3) is 0.448. The fourth-order valence-electron chi connectivity index (χ4n) is 5.22. The van der Waals surface area contributed by atoms with Crippen molar-refractivity contribution in [2.24, 2.45) is 5.92 Å². The first-order valence-electron chi connectivity index (χ1n) is 13.7. The first kappa shape index (κ1) is 28.2. The van der Waals surface area contributed by atoms with E-state index in [1.54, 1.807) is 38.1 Å². The van der Waals surface area contributed by atoms with Gasteiger partial charge in [0.05, 0.1) is 18.2 Å². The van der Waals surface area contributed by atoms with E-state index in [1.807, 2.05) is 12.1 Å². The monoisotopic (exact) mass is 566 g/mol. The molecule has 0 radical (unpaired) electrons. The summed E-state index contributed by atoms with van der Waals surface area (Å²) in [5, 5.41) is 18.4. The van der Waals surface area contributed by atoms with Gasteiger partial charge in [-0.05, 0) is 48.2 Å². The van der Waals surface area contributed by atoms with Crippen molar-refractivity contribution in [3.05, 3.63) is 42.0 Å². The van der Waals surface area contributed by atoms with Crippen LogP contribution in [0.2, 0.25) is 0 Å². The molecule has 3 aliphatic rings. The minimum Gasteiger partial charge on any atom is -0.491 e. The number of amides is 4. The zero-order valence-electron chi connectivity index (χ0n) is 23.1. The molecule has 0 unspecified atom stereocenters. The van der Waals surface area contributed by atoms with Crippen LogP contribution in [0.5, 0.6) is 17.2 Å². The van der Waals surface area contributed by atoms with Crippen LogP contribution in [-0.2, 0) is 14.4 Å². The molecule has 3 aliphatic heterocycles. The molecule has 5 rings (SSSR count). The van der Waals surface area contributed by atoms with E-state index in [-0.39, 0.29) is 50.1 Å². The Balaban J connectivity index is 1.47. The summed E-state index contributed by atoms with van der Waals surface area (Å²) in [5.41, 5.74) is 1.71. The number of aliphatic hydroxyl groups excluding tert-OH is 1. The van der Waals surface area contributed by atoms with Crippen LogP contribution in [0.3, 0.4) is 0 Å². The van der Waals surface area contributed by atoms with Gasteiger partial charge in [-0.3, -0.25) is 19.2 Å². The standard InChI is InChI=1S/C29H34N4O8/c1-15(2)25-28(37)31-16(3)29(38)33-13-19(34)12-21(33)27(36)30-8-9-39-22-6-4-17(10-20(22)26(35)32-25)18-5-7-23-24(11-18)41-14-40-23/h4-7,10-11,15-16,19,21,25,34H,8-9,12-14H2,1-3H3,(H,30,36)(H,31,37)(H,32,35)/t16-,19+,21+,25+/m1/s1. The number of carbonyl (C=O) groups excluding carboxylic acids is 4. The second-order valence-corrected chi connectivity index (χ2v) is 10.7. The number of carbonyl (C=O) groups is 4. The Labute approximate surface area is 237 Å². The number of rotatable bonds is 2. The number of benzene rings is 2. The summed E-state index contributed by atoms with van der Waals surface area (Å²) >= 11 is 0. The summed E-state index contributed by atoms with van der Waals surface area (Å²) < 4.78 is 16.8. The zero-order valence-corrected chi connectivity index (χ0v) is 23.1. The van der Waals surface area contributed by atoms with E-state index in [9.17, 15) is 24.3 Å². The highest BCUT2D eigenvalue weighted by Crippen LogP contribution is 2.37. The number of aliphatic hydroxyl groups is 1. The highest BCUT2D eigenvalue weighted by Gasteiger charge is 2.41. The van der Waals surface area contributed by atoms with E-state index in [0.29, 0.717) is 17.1 Å². The maximum Gasteiger partial charge on any atom is 0.255 e. The molecule has 1 fully saturated rings. The number of hydrogen-bond acceptors (Lipinski definition) is 8. The van der Waals surface area contributed by atoms with Gasteiger partial charge in [0.15, 0.2) is 11.5 Å². The molecule has 0 saturated carbocycles. The van der Waals surface area contributed by atoms with Gasteiger partial charge in [0.2, 0.25) is 24.5 Å². The summed E-state index contributed by atoms with van der Waals surface area (Å²) in [4.78, 5) is 54.3. The van der Waals surface area contributed by atoms with Crippen molar-refractivity contribution in [3.8, 4) is 28.4 Å². The van der Waals surface area contributed by atoms with E-state index >= 15 is 0 Å². The van der Waals surface area contributed by atoms with Crippen molar-refractivity contribution in [1.29, 1.82) is 0 Å². The first-order valence-corrected chi connectivity index (χ1v) is 13.7. The maximum atomic E-state index is 13.6. The Hall–Kier alpha value is -4.32. The van der Waals surface area contributed by atoms with Gasteiger partial charge in [-0.25, -0.2) is 0 Å². The van der Waals surface area contributed by atoms with Gasteiger partial charge in [0, 0.05) is 13.0 Å². The third-order valence-corrected chi connectivity index (χ3v) is 7.42. The Morgan fingerprint density at radius 3 is 2.37 bits per heavy atom. The molecule has 4 atom stereocenters. The van der Waals surface area contributed by atoms with Crippen molar-refractivity contribution >= 4 is 23.6 Å². The second kappa shape index (κ2) is 11.7. The Morgan fingerprint density at radius 2 is 1.61 bits per heavy atom. The first-order chi connectivity index (χ1) is 19.6. The number of hydrogen-bond donors (Lipinski definition) is 4. The summed E-state index contributed by atoms with van der Waals surface area (Å²) in [6.07, 6.45) is -0.764. The van der Waals surface area contributed by atoms with Crippen molar-refractivity contribution in [2.75, 3.05) is 26.5 Å². The van der Waals surface area contributed by atoms with Gasteiger partial charge in [-0.1, -0.05) is 26.0 Å². The van der Waals surface area contributed by atoms with Gasteiger partial charge in [0.25, 0.3) is 5.91 Å². The van der Waals surface area contributed by atoms with Gasteiger partial charge >= 0.3 is 0 Å². The van der Waals surface area contributed by atoms with E-state index in [1.165, 1.54) is 11.8 Å². The zero-order chi connectivity index (χ0) is 29.3. The molecule has 0 bridgehead atoms. The molecule has 2 aromatic rings. The quantitative estimate of drug-likeness (QED) is 0.416. The molecular formula is C29H34N4O8. The molecule has 12 nitrogen and oxygen atoms in total. The lowest BCUT2D eigenvalue weighted by molar-refractivity contribution is -0.141. The highest BCUT2D eigenvalue weighted by molar-refractivity contribution is 6.01. The number of nitrogens with zero attached hydrogens (tertiary/aromatic N) is 1. The van der Waals surface area contributed by atoms with Crippen LogP contribution in [0.15, 0.2) is 36.4 Å². The maximum absolute atomic E-state index is 13.6. The van der Waals surface area contributed by atoms with Gasteiger partial charge < -0.3 is 40.2 Å². The third kappa shape index (κ3) is 5.92. The van der Waals surface area contributed by atoms with Crippen LogP contribution in [0.4, 0.5) is 0 Å². The van der Waals surface area contributed by atoms with E-state index in [2.05, 4.69) is 16.0 Å². The van der Waals surface area contributed by atoms with Crippen LogP contribution in [0, 0.1) is 5.92 Å². The van der Waals surface area contributed by atoms with E-state index in [0.717, 1.165) is 5.56 Å². The lowest BCUT2D eigenvalue weighted by Crippen LogP contribution is -2.57. The summed E-state index contributed by atoms with van der Waals surface area (Å²) in [7, 11) is 0. The molecule has 0 aromatic heterocycles. The summed E-state index contributed by atoms with van der Waals surface area (Å²) in [6.45, 7) is 5.36. The molecule has 41 heavy (non-hydrogen) atoms. The SMILES string of the molecule is CC(C)[C@@H]1NC(=O)c2cc(-c3ccc4c(c3)OCO4)ccc2OCCNC(=O)[C@@H]2C[C@H](O)CN2C(=O)[C@@H](C)NC1=O.